The van der Waals surface area contributed by atoms with Crippen molar-refractivity contribution in [2.45, 2.75) is 49.6 Å². The Hall–Kier alpha value is -2.33. The lowest BCUT2D eigenvalue weighted by atomic mass is 10.1. The zero-order chi connectivity index (χ0) is 20.3. The van der Waals surface area contributed by atoms with Crippen molar-refractivity contribution in [2.75, 3.05) is 6.26 Å². The highest BCUT2D eigenvalue weighted by Gasteiger charge is 2.26. The Kier molecular flexibility index (Phi) is 6.09. The van der Waals surface area contributed by atoms with Gasteiger partial charge in [-0.1, -0.05) is 11.6 Å². The van der Waals surface area contributed by atoms with Crippen LogP contribution in [0.4, 0.5) is 0 Å². The Morgan fingerprint density at radius 2 is 2.14 bits per heavy atom. The first kappa shape index (κ1) is 20.4. The fraction of sp³-hybridized carbons (Fsp3) is 0.471. The first-order chi connectivity index (χ1) is 13.3. The molecule has 0 aliphatic heterocycles. The van der Waals surface area contributed by atoms with Crippen LogP contribution in [0.5, 0.6) is 0 Å². The number of aromatic nitrogens is 4. The van der Waals surface area contributed by atoms with E-state index in [2.05, 4.69) is 15.4 Å². The van der Waals surface area contributed by atoms with Crippen LogP contribution in [0.1, 0.15) is 48.0 Å². The molecule has 1 heterocycles. The molecule has 0 spiro atoms. The Labute approximate surface area is 166 Å². The highest BCUT2D eigenvalue weighted by Crippen LogP contribution is 2.30. The third-order valence-electron chi connectivity index (χ3n) is 4.47. The minimum Gasteiger partial charge on any atom is -0.458 e. The van der Waals surface area contributed by atoms with E-state index in [9.17, 15) is 18.0 Å². The maximum absolute atomic E-state index is 12.7. The summed E-state index contributed by atoms with van der Waals surface area (Å²) < 4.78 is 29.7. The zero-order valence-corrected chi connectivity index (χ0v) is 16.7. The van der Waals surface area contributed by atoms with Gasteiger partial charge in [-0.2, -0.15) is 4.80 Å². The maximum Gasteiger partial charge on any atom is 0.339 e. The molecule has 0 N–H and O–H groups in total. The number of benzene rings is 1. The van der Waals surface area contributed by atoms with Crippen LogP contribution in [0.15, 0.2) is 23.4 Å². The second kappa shape index (κ2) is 8.36. The number of ketones is 1. The van der Waals surface area contributed by atoms with Crippen LogP contribution in [0, 0.1) is 0 Å². The molecule has 1 fully saturated rings. The number of rotatable bonds is 5. The number of hydrogen-bond acceptors (Lipinski definition) is 8. The molecule has 150 valence electrons. The molecule has 1 atom stereocenters. The third kappa shape index (κ3) is 4.74. The number of hydrogen-bond donors (Lipinski definition) is 0. The van der Waals surface area contributed by atoms with E-state index in [0.717, 1.165) is 23.9 Å². The highest BCUT2D eigenvalue weighted by atomic mass is 35.5. The van der Waals surface area contributed by atoms with Gasteiger partial charge < -0.3 is 4.74 Å². The maximum atomic E-state index is 12.7. The molecule has 0 radical (unpaired) electrons. The fourth-order valence-corrected chi connectivity index (χ4v) is 4.41. The Bertz CT molecular complexity index is 991. The lowest BCUT2D eigenvalue weighted by molar-refractivity contribution is -0.120. The fourth-order valence-electron chi connectivity index (χ4n) is 3.13. The van der Waals surface area contributed by atoms with E-state index in [4.69, 9.17) is 16.3 Å². The van der Waals surface area contributed by atoms with Gasteiger partial charge >= 0.3 is 5.97 Å². The van der Waals surface area contributed by atoms with Gasteiger partial charge in [0.15, 0.2) is 16.2 Å². The molecule has 1 aliphatic rings. The molecule has 1 saturated carbocycles. The molecule has 3 rings (SSSR count). The summed E-state index contributed by atoms with van der Waals surface area (Å²) in [6, 6.07) is 2.63. The molecule has 1 unspecified atom stereocenters. The molecule has 0 amide bonds. The molecule has 2 aromatic rings. The van der Waals surface area contributed by atoms with Gasteiger partial charge in [0.05, 0.1) is 22.0 Å². The number of sulfone groups is 1. The van der Waals surface area contributed by atoms with Crippen molar-refractivity contribution in [1.29, 1.82) is 0 Å². The predicted octanol–water partition coefficient (Wildman–Crippen LogP) is 1.84. The number of nitrogens with zero attached hydrogens (tertiary/aromatic N) is 4. The van der Waals surface area contributed by atoms with E-state index >= 15 is 0 Å². The van der Waals surface area contributed by atoms with Crippen LogP contribution >= 0.6 is 11.6 Å². The van der Waals surface area contributed by atoms with E-state index in [0.29, 0.717) is 12.8 Å². The summed E-state index contributed by atoms with van der Waals surface area (Å²) in [5.41, 5.74) is 0.203. The van der Waals surface area contributed by atoms with Crippen LogP contribution in [0.25, 0.3) is 0 Å². The van der Waals surface area contributed by atoms with Crippen molar-refractivity contribution in [2.24, 2.45) is 0 Å². The molecule has 1 aliphatic carbocycles. The molecule has 28 heavy (non-hydrogen) atoms. The summed E-state index contributed by atoms with van der Waals surface area (Å²) in [5.74, 6) is -0.635. The van der Waals surface area contributed by atoms with Crippen molar-refractivity contribution in [3.05, 3.63) is 34.6 Å². The molecule has 0 bridgehead atoms. The van der Waals surface area contributed by atoms with Crippen molar-refractivity contribution < 1.29 is 22.7 Å². The average molecular weight is 427 g/mol. The topological polar surface area (TPSA) is 121 Å². The van der Waals surface area contributed by atoms with Crippen LogP contribution in [-0.2, 0) is 25.9 Å². The molecule has 0 saturated heterocycles. The molecule has 11 heteroatoms. The average Bonchev–Trinajstić information content (AvgIpc) is 3.03. The molecule has 1 aromatic heterocycles. The Morgan fingerprint density at radius 1 is 1.36 bits per heavy atom. The SMILES string of the molecule is CS(=O)(=O)c1ccc(C(=O)OC2CCCCC(=O)C2)c(Cl)c1Cn1ncnn1. The summed E-state index contributed by atoms with van der Waals surface area (Å²) in [6.45, 7) is -0.0791. The standard InChI is InChI=1S/C17H19ClN4O5S/c1-28(25,26)15-7-6-13(16(18)14(15)9-22-20-10-19-21-22)17(24)27-12-5-3-2-4-11(23)8-12/h6-7,10,12H,2-5,8-9H2,1H3. The number of halogens is 1. The largest absolute Gasteiger partial charge is 0.458 e. The van der Waals surface area contributed by atoms with Gasteiger partial charge in [0.2, 0.25) is 0 Å². The van der Waals surface area contributed by atoms with Gasteiger partial charge in [-0.15, -0.1) is 10.2 Å². The van der Waals surface area contributed by atoms with Crippen molar-refractivity contribution in [1.82, 2.24) is 20.2 Å². The quantitative estimate of drug-likeness (QED) is 0.524. The van der Waals surface area contributed by atoms with Gasteiger partial charge in [0, 0.05) is 24.7 Å². The van der Waals surface area contributed by atoms with Gasteiger partial charge in [-0.25, -0.2) is 13.2 Å². The Morgan fingerprint density at radius 3 is 2.82 bits per heavy atom. The van der Waals surface area contributed by atoms with Crippen molar-refractivity contribution in [3.8, 4) is 0 Å². The smallest absolute Gasteiger partial charge is 0.339 e. The van der Waals surface area contributed by atoms with E-state index < -0.39 is 21.9 Å². The Balaban J connectivity index is 1.92. The van der Waals surface area contributed by atoms with Crippen LogP contribution in [-0.4, -0.2) is 52.7 Å². The van der Waals surface area contributed by atoms with Crippen molar-refractivity contribution in [3.63, 3.8) is 0 Å². The molecular weight excluding hydrogens is 408 g/mol. The first-order valence-corrected chi connectivity index (χ1v) is 11.0. The summed E-state index contributed by atoms with van der Waals surface area (Å²) in [5, 5.41) is 11.1. The minimum atomic E-state index is -3.61. The number of tetrazole rings is 1. The summed E-state index contributed by atoms with van der Waals surface area (Å²) in [4.78, 5) is 25.5. The van der Waals surface area contributed by atoms with Crippen LogP contribution in [0.3, 0.4) is 0 Å². The number of carbonyl (C=O) groups is 2. The first-order valence-electron chi connectivity index (χ1n) is 8.70. The van der Waals surface area contributed by atoms with Gasteiger partial charge in [-0.3, -0.25) is 4.79 Å². The summed E-state index contributed by atoms with van der Waals surface area (Å²) in [6.07, 6.45) is 4.61. The highest BCUT2D eigenvalue weighted by molar-refractivity contribution is 7.90. The lowest BCUT2D eigenvalue weighted by Crippen LogP contribution is -2.21. The minimum absolute atomic E-state index is 0.0286. The molecule has 1 aromatic carbocycles. The van der Waals surface area contributed by atoms with E-state index in [1.807, 2.05) is 0 Å². The van der Waals surface area contributed by atoms with Gasteiger partial charge in [0.25, 0.3) is 0 Å². The normalized spacial score (nSPS) is 17.9. The predicted molar refractivity (Wildman–Crippen MR) is 98.8 cm³/mol. The zero-order valence-electron chi connectivity index (χ0n) is 15.2. The number of carbonyl (C=O) groups excluding carboxylic acids is 2. The van der Waals surface area contributed by atoms with Crippen LogP contribution in [0.2, 0.25) is 5.02 Å². The number of Topliss-reactive ketones (excluding diaryl/α,β-unsaturated/α-hetero) is 1. The second-order valence-corrected chi connectivity index (χ2v) is 9.02. The summed E-state index contributed by atoms with van der Waals surface area (Å²) in [7, 11) is -3.61. The molecule has 9 nitrogen and oxygen atoms in total. The van der Waals surface area contributed by atoms with Gasteiger partial charge in [0.1, 0.15) is 11.9 Å². The van der Waals surface area contributed by atoms with E-state index in [1.54, 1.807) is 0 Å². The monoisotopic (exact) mass is 426 g/mol. The summed E-state index contributed by atoms with van der Waals surface area (Å²) >= 11 is 6.39. The van der Waals surface area contributed by atoms with Crippen LogP contribution < -0.4 is 0 Å². The van der Waals surface area contributed by atoms with Crippen molar-refractivity contribution >= 4 is 33.2 Å². The lowest BCUT2D eigenvalue weighted by Gasteiger charge is -2.17. The van der Waals surface area contributed by atoms with E-state index in [-0.39, 0.29) is 39.8 Å². The van der Waals surface area contributed by atoms with E-state index in [1.165, 1.54) is 18.5 Å². The molecular formula is C17H19ClN4O5S. The second-order valence-electron chi connectivity index (χ2n) is 6.66. The number of esters is 1. The van der Waals surface area contributed by atoms with Gasteiger partial charge in [-0.05, 0) is 36.6 Å². The third-order valence-corrected chi connectivity index (χ3v) is 6.08. The number of ether oxygens (including phenoxy) is 1.